The van der Waals surface area contributed by atoms with Crippen LogP contribution in [0.3, 0.4) is 0 Å². The number of hydrogen-bond acceptors (Lipinski definition) is 15. The normalized spacial score (nSPS) is 13.8. The molecule has 0 saturated carbocycles. The molecule has 19 heteroatoms. The Kier molecular flexibility index (Phi) is 71.9. The van der Waals surface area contributed by atoms with Crippen molar-refractivity contribution in [2.45, 2.75) is 444 Å². The van der Waals surface area contributed by atoms with E-state index in [0.717, 1.165) is 89.9 Å². The maximum absolute atomic E-state index is 13.1. The fourth-order valence-corrected chi connectivity index (χ4v) is 13.9. The topological polar surface area (TPSA) is 237 Å². The molecule has 0 saturated heterocycles. The van der Waals surface area contributed by atoms with Crippen LogP contribution in [0.1, 0.15) is 426 Å². The van der Waals surface area contributed by atoms with Gasteiger partial charge in [-0.05, 0) is 25.7 Å². The minimum Gasteiger partial charge on any atom is -0.462 e. The van der Waals surface area contributed by atoms with E-state index in [-0.39, 0.29) is 25.7 Å². The number of esters is 4. The predicted molar refractivity (Wildman–Crippen MR) is 400 cm³/mol. The van der Waals surface area contributed by atoms with Crippen molar-refractivity contribution in [2.24, 2.45) is 0 Å². The molecule has 582 valence electrons. The average molecular weight is 1440 g/mol. The number of ether oxygens (including phenoxy) is 4. The van der Waals surface area contributed by atoms with Gasteiger partial charge >= 0.3 is 39.5 Å². The fraction of sp³-hybridized carbons (Fsp3) is 0.949. The van der Waals surface area contributed by atoms with Gasteiger partial charge < -0.3 is 33.8 Å². The minimum absolute atomic E-state index is 0.109. The minimum atomic E-state index is -4.96. The van der Waals surface area contributed by atoms with Crippen LogP contribution in [0, 0.1) is 0 Å². The maximum Gasteiger partial charge on any atom is 0.472 e. The monoisotopic (exact) mass is 1440 g/mol. The van der Waals surface area contributed by atoms with Crippen LogP contribution in [0.4, 0.5) is 0 Å². The smallest absolute Gasteiger partial charge is 0.462 e. The molecule has 0 spiro atoms. The Morgan fingerprint density at radius 1 is 0.245 bits per heavy atom. The highest BCUT2D eigenvalue weighted by atomic mass is 31.2. The zero-order valence-electron chi connectivity index (χ0n) is 63.8. The van der Waals surface area contributed by atoms with Crippen molar-refractivity contribution in [1.29, 1.82) is 0 Å². The summed E-state index contributed by atoms with van der Waals surface area (Å²) in [6.07, 6.45) is 65.0. The standard InChI is InChI=1S/C79H154O17P2/c1-5-9-13-17-21-25-29-33-35-36-38-41-44-48-52-56-60-64-77(82)90-70-75(96-79(84)66-62-58-54-50-46-42-37-34-30-26-22-18-14-10-6-2)72-94-98(87,88)92-68-73(80)67-91-97(85,86)93-71-74(95-78(83)65-61-57-53-49-45-40-32-28-24-20-16-12-8-4)69-89-76(81)63-59-55-51-47-43-39-31-27-23-19-15-11-7-3/h73-75,80H,5-72H2,1-4H3,(H,85,86)(H,87,88)/t73-,74+,75+/m0/s1. The van der Waals surface area contributed by atoms with Gasteiger partial charge in [0, 0.05) is 25.7 Å². The Hall–Kier alpha value is -1.94. The van der Waals surface area contributed by atoms with Gasteiger partial charge in [-0.1, -0.05) is 374 Å². The van der Waals surface area contributed by atoms with Crippen molar-refractivity contribution in [2.75, 3.05) is 39.6 Å². The zero-order valence-corrected chi connectivity index (χ0v) is 65.6. The summed E-state index contributed by atoms with van der Waals surface area (Å²) in [4.78, 5) is 73.0. The second kappa shape index (κ2) is 73.4. The Morgan fingerprint density at radius 2 is 0.408 bits per heavy atom. The third-order valence-corrected chi connectivity index (χ3v) is 20.5. The Balaban J connectivity index is 5.25. The van der Waals surface area contributed by atoms with Crippen LogP contribution >= 0.6 is 15.6 Å². The number of carbonyl (C=O) groups is 4. The van der Waals surface area contributed by atoms with Gasteiger partial charge in [-0.25, -0.2) is 9.13 Å². The van der Waals surface area contributed by atoms with Gasteiger partial charge in [0.05, 0.1) is 26.4 Å². The summed E-state index contributed by atoms with van der Waals surface area (Å²) in [6.45, 7) is 5.03. The molecule has 0 aromatic rings. The van der Waals surface area contributed by atoms with E-state index in [4.69, 9.17) is 37.0 Å². The van der Waals surface area contributed by atoms with Gasteiger partial charge in [0.1, 0.15) is 19.3 Å². The molecule has 0 aromatic heterocycles. The van der Waals surface area contributed by atoms with Crippen LogP contribution in [0.15, 0.2) is 0 Å². The molecular weight excluding hydrogens is 1280 g/mol. The second-order valence-electron chi connectivity index (χ2n) is 28.5. The van der Waals surface area contributed by atoms with Crippen LogP contribution in [0.5, 0.6) is 0 Å². The summed E-state index contributed by atoms with van der Waals surface area (Å²) in [7, 11) is -9.91. The molecule has 2 unspecified atom stereocenters. The van der Waals surface area contributed by atoms with Gasteiger partial charge in [-0.3, -0.25) is 37.3 Å². The summed E-state index contributed by atoms with van der Waals surface area (Å²) in [5.41, 5.74) is 0. The first-order valence-corrected chi connectivity index (χ1v) is 44.3. The van der Waals surface area contributed by atoms with Crippen LogP contribution in [-0.4, -0.2) is 96.7 Å². The lowest BCUT2D eigenvalue weighted by Gasteiger charge is -2.21. The highest BCUT2D eigenvalue weighted by Gasteiger charge is 2.30. The number of unbranched alkanes of at least 4 members (excludes halogenated alkanes) is 54. The van der Waals surface area contributed by atoms with Crippen LogP contribution in [-0.2, 0) is 65.4 Å². The van der Waals surface area contributed by atoms with Crippen molar-refractivity contribution in [3.8, 4) is 0 Å². The van der Waals surface area contributed by atoms with Gasteiger partial charge in [0.2, 0.25) is 0 Å². The molecule has 0 heterocycles. The number of hydrogen-bond donors (Lipinski definition) is 3. The third kappa shape index (κ3) is 72.4. The SMILES string of the molecule is CCCCCCCCCCCCCCCCCCCC(=O)OC[C@H](COP(=O)(O)OC[C@@H](O)COP(=O)(O)OC[C@@H](COC(=O)CCCCCCCCCCCCCCC)OC(=O)CCCCCCCCCCCCCCC)OC(=O)CCCCCCCCCCCCCCCCC. The van der Waals surface area contributed by atoms with E-state index < -0.39 is 97.5 Å². The third-order valence-electron chi connectivity index (χ3n) is 18.6. The summed E-state index contributed by atoms with van der Waals surface area (Å²) in [5.74, 6) is -2.10. The van der Waals surface area contributed by atoms with Crippen LogP contribution in [0.2, 0.25) is 0 Å². The highest BCUT2D eigenvalue weighted by Crippen LogP contribution is 2.45. The molecule has 0 fully saturated rings. The lowest BCUT2D eigenvalue weighted by atomic mass is 10.0. The quantitative estimate of drug-likeness (QED) is 0.0222. The van der Waals surface area contributed by atoms with Gasteiger partial charge in [-0.2, -0.15) is 0 Å². The molecule has 0 aromatic carbocycles. The average Bonchev–Trinajstić information content (AvgIpc) is 1.05. The summed E-state index contributed by atoms with van der Waals surface area (Å²) < 4.78 is 68.7. The van der Waals surface area contributed by atoms with E-state index in [1.165, 1.54) is 257 Å². The first-order chi connectivity index (χ1) is 47.7. The maximum atomic E-state index is 13.1. The first kappa shape index (κ1) is 96.1. The van der Waals surface area contributed by atoms with Gasteiger partial charge in [0.25, 0.3) is 0 Å². The van der Waals surface area contributed by atoms with Crippen molar-refractivity contribution >= 4 is 39.5 Å². The number of aliphatic hydroxyl groups excluding tert-OH is 1. The zero-order chi connectivity index (χ0) is 71.8. The van der Waals surface area contributed by atoms with E-state index in [0.29, 0.717) is 25.7 Å². The van der Waals surface area contributed by atoms with Crippen molar-refractivity contribution < 1.29 is 80.2 Å². The number of aliphatic hydroxyl groups is 1. The molecular formula is C79H154O17P2. The Morgan fingerprint density at radius 3 is 0.602 bits per heavy atom. The van der Waals surface area contributed by atoms with E-state index >= 15 is 0 Å². The van der Waals surface area contributed by atoms with E-state index in [2.05, 4.69) is 27.7 Å². The van der Waals surface area contributed by atoms with E-state index in [1.807, 2.05) is 0 Å². The molecule has 0 amide bonds. The largest absolute Gasteiger partial charge is 0.472 e. The fourth-order valence-electron chi connectivity index (χ4n) is 12.3. The lowest BCUT2D eigenvalue weighted by Crippen LogP contribution is -2.30. The summed E-state index contributed by atoms with van der Waals surface area (Å²) in [5, 5.41) is 10.6. The lowest BCUT2D eigenvalue weighted by molar-refractivity contribution is -0.161. The molecule has 3 N–H and O–H groups in total. The van der Waals surface area contributed by atoms with Gasteiger partial charge in [0.15, 0.2) is 12.2 Å². The molecule has 0 aliphatic carbocycles. The number of phosphoric acid groups is 2. The molecule has 5 atom stereocenters. The molecule has 0 bridgehead atoms. The molecule has 0 radical (unpaired) electrons. The summed E-state index contributed by atoms with van der Waals surface area (Å²) >= 11 is 0. The van der Waals surface area contributed by atoms with Crippen molar-refractivity contribution in [3.05, 3.63) is 0 Å². The number of phosphoric ester groups is 2. The van der Waals surface area contributed by atoms with E-state index in [1.54, 1.807) is 0 Å². The molecule has 0 rings (SSSR count). The first-order valence-electron chi connectivity index (χ1n) is 41.3. The van der Waals surface area contributed by atoms with Gasteiger partial charge in [-0.15, -0.1) is 0 Å². The number of carbonyl (C=O) groups excluding carboxylic acids is 4. The Labute approximate surface area is 600 Å². The Bertz CT molecular complexity index is 1860. The van der Waals surface area contributed by atoms with E-state index in [9.17, 15) is 43.2 Å². The highest BCUT2D eigenvalue weighted by molar-refractivity contribution is 7.47. The molecule has 98 heavy (non-hydrogen) atoms. The van der Waals surface area contributed by atoms with Crippen LogP contribution < -0.4 is 0 Å². The van der Waals surface area contributed by atoms with Crippen molar-refractivity contribution in [1.82, 2.24) is 0 Å². The molecule has 0 aliphatic rings. The van der Waals surface area contributed by atoms with Crippen molar-refractivity contribution in [3.63, 3.8) is 0 Å². The summed E-state index contributed by atoms with van der Waals surface area (Å²) in [6, 6.07) is 0. The second-order valence-corrected chi connectivity index (χ2v) is 31.4. The van der Waals surface area contributed by atoms with Crippen LogP contribution in [0.25, 0.3) is 0 Å². The number of rotatable bonds is 80. The molecule has 17 nitrogen and oxygen atoms in total. The molecule has 0 aliphatic heterocycles. The predicted octanol–water partition coefficient (Wildman–Crippen LogP) is 23.8.